The van der Waals surface area contributed by atoms with Crippen molar-refractivity contribution in [2.45, 2.75) is 34.9 Å². The minimum absolute atomic E-state index is 0.0126. The van der Waals surface area contributed by atoms with Gasteiger partial charge in [0.15, 0.2) is 9.84 Å². The minimum atomic E-state index is -3.46. The van der Waals surface area contributed by atoms with E-state index in [2.05, 4.69) is 27.3 Å². The van der Waals surface area contributed by atoms with Gasteiger partial charge in [0, 0.05) is 10.5 Å². The van der Waals surface area contributed by atoms with Crippen molar-refractivity contribution in [3.05, 3.63) is 64.1 Å². The average molecular weight is 392 g/mol. The molecular formula is C18H18BrNO2S. The third kappa shape index (κ3) is 2.13. The molecule has 1 saturated heterocycles. The maximum absolute atomic E-state index is 13.6. The van der Waals surface area contributed by atoms with Crippen molar-refractivity contribution in [2.24, 2.45) is 0 Å². The van der Waals surface area contributed by atoms with Crippen LogP contribution in [0.15, 0.2) is 57.9 Å². The Bertz CT molecular complexity index is 851. The van der Waals surface area contributed by atoms with E-state index in [0.29, 0.717) is 11.3 Å². The van der Waals surface area contributed by atoms with E-state index in [4.69, 9.17) is 0 Å². The lowest BCUT2D eigenvalue weighted by Gasteiger charge is -2.40. The highest BCUT2D eigenvalue weighted by Crippen LogP contribution is 2.49. The summed E-state index contributed by atoms with van der Waals surface area (Å²) in [6, 6.07) is 14.9. The van der Waals surface area contributed by atoms with E-state index in [0.717, 1.165) is 35.0 Å². The fourth-order valence-electron chi connectivity index (χ4n) is 4.19. The largest absolute Gasteiger partial charge is 0.312 e. The Morgan fingerprint density at radius 2 is 1.91 bits per heavy atom. The maximum Gasteiger partial charge on any atom is 0.189 e. The lowest BCUT2D eigenvalue weighted by atomic mass is 9.79. The van der Waals surface area contributed by atoms with E-state index < -0.39 is 14.6 Å². The molecule has 1 aliphatic heterocycles. The van der Waals surface area contributed by atoms with Gasteiger partial charge in [0.2, 0.25) is 0 Å². The monoisotopic (exact) mass is 391 g/mol. The lowest BCUT2D eigenvalue weighted by molar-refractivity contribution is 0.416. The topological polar surface area (TPSA) is 46.2 Å². The van der Waals surface area contributed by atoms with E-state index in [1.165, 1.54) is 0 Å². The summed E-state index contributed by atoms with van der Waals surface area (Å²) in [4.78, 5) is 0.421. The van der Waals surface area contributed by atoms with Crippen LogP contribution in [0, 0.1) is 0 Å². The van der Waals surface area contributed by atoms with Gasteiger partial charge in [-0.05, 0) is 61.2 Å². The number of hydrogen-bond donors (Lipinski definition) is 1. The standard InChI is InChI=1S/C18H18BrNO2S/c19-14-7-8-16-13(12-14)6-9-17-18(16,10-11-20-17)23(21,22)15-4-2-1-3-5-15/h1-5,7-8,12,17,20H,6,9-11H2/t17-,18-/m1/s1. The van der Waals surface area contributed by atoms with Crippen LogP contribution in [-0.2, 0) is 21.0 Å². The van der Waals surface area contributed by atoms with Crippen LogP contribution in [0.3, 0.4) is 0 Å². The molecule has 2 atom stereocenters. The van der Waals surface area contributed by atoms with E-state index >= 15 is 0 Å². The fourth-order valence-corrected chi connectivity index (χ4v) is 6.97. The van der Waals surface area contributed by atoms with Gasteiger partial charge in [0.1, 0.15) is 4.75 Å². The van der Waals surface area contributed by atoms with Gasteiger partial charge in [-0.2, -0.15) is 0 Å². The van der Waals surface area contributed by atoms with Crippen molar-refractivity contribution in [2.75, 3.05) is 6.54 Å². The number of nitrogens with one attached hydrogen (secondary N) is 1. The zero-order valence-corrected chi connectivity index (χ0v) is 15.0. The molecule has 0 radical (unpaired) electrons. The molecule has 3 nitrogen and oxygen atoms in total. The molecule has 2 aromatic rings. The van der Waals surface area contributed by atoms with E-state index in [-0.39, 0.29) is 6.04 Å². The molecule has 1 heterocycles. The predicted octanol–water partition coefficient (Wildman–Crippen LogP) is 3.43. The number of benzene rings is 2. The van der Waals surface area contributed by atoms with Gasteiger partial charge in [-0.1, -0.05) is 40.2 Å². The van der Waals surface area contributed by atoms with Crippen LogP contribution < -0.4 is 5.32 Å². The molecule has 0 bridgehead atoms. The van der Waals surface area contributed by atoms with Crippen molar-refractivity contribution < 1.29 is 8.42 Å². The second kappa shape index (κ2) is 5.43. The Morgan fingerprint density at radius 1 is 1.13 bits per heavy atom. The number of rotatable bonds is 2. The second-order valence-corrected chi connectivity index (χ2v) is 9.43. The Morgan fingerprint density at radius 3 is 2.70 bits per heavy atom. The van der Waals surface area contributed by atoms with Gasteiger partial charge in [0.05, 0.1) is 4.90 Å². The summed E-state index contributed by atoms with van der Waals surface area (Å²) in [5, 5.41) is 3.44. The molecule has 1 N–H and O–H groups in total. The van der Waals surface area contributed by atoms with Gasteiger partial charge in [0.25, 0.3) is 0 Å². The molecule has 0 unspecified atom stereocenters. The minimum Gasteiger partial charge on any atom is -0.312 e. The average Bonchev–Trinajstić information content (AvgIpc) is 3.01. The van der Waals surface area contributed by atoms with Gasteiger partial charge in [-0.3, -0.25) is 0 Å². The first-order chi connectivity index (χ1) is 11.1. The molecule has 120 valence electrons. The summed E-state index contributed by atoms with van der Waals surface area (Å²) < 4.78 is 27.3. The van der Waals surface area contributed by atoms with Crippen molar-refractivity contribution >= 4 is 25.8 Å². The molecule has 2 aliphatic rings. The van der Waals surface area contributed by atoms with E-state index in [1.807, 2.05) is 18.2 Å². The molecule has 1 aliphatic carbocycles. The van der Waals surface area contributed by atoms with E-state index in [9.17, 15) is 8.42 Å². The zero-order chi connectivity index (χ0) is 16.1. The summed E-state index contributed by atoms with van der Waals surface area (Å²) in [6.45, 7) is 0.742. The SMILES string of the molecule is O=S(=O)(c1ccccc1)[C@@]12CCN[C@@H]1CCc1cc(Br)ccc12. The zero-order valence-electron chi connectivity index (χ0n) is 12.6. The number of hydrogen-bond acceptors (Lipinski definition) is 3. The molecule has 0 spiro atoms. The Hall–Kier alpha value is -1.17. The van der Waals surface area contributed by atoms with Crippen molar-refractivity contribution in [1.82, 2.24) is 5.32 Å². The molecule has 0 amide bonds. The molecule has 0 saturated carbocycles. The highest BCUT2D eigenvalue weighted by Gasteiger charge is 2.56. The van der Waals surface area contributed by atoms with Crippen LogP contribution >= 0.6 is 15.9 Å². The van der Waals surface area contributed by atoms with Crippen LogP contribution in [0.5, 0.6) is 0 Å². The summed E-state index contributed by atoms with van der Waals surface area (Å²) >= 11 is 3.51. The summed E-state index contributed by atoms with van der Waals surface area (Å²) in [5.41, 5.74) is 2.13. The van der Waals surface area contributed by atoms with Gasteiger partial charge < -0.3 is 5.32 Å². The molecule has 0 aromatic heterocycles. The molecular weight excluding hydrogens is 374 g/mol. The summed E-state index contributed by atoms with van der Waals surface area (Å²) in [7, 11) is -3.46. The Labute approximate surface area is 145 Å². The highest BCUT2D eigenvalue weighted by molar-refractivity contribution is 9.10. The first-order valence-electron chi connectivity index (χ1n) is 7.88. The van der Waals surface area contributed by atoms with Crippen LogP contribution in [-0.4, -0.2) is 21.0 Å². The molecule has 2 aromatic carbocycles. The maximum atomic E-state index is 13.6. The van der Waals surface area contributed by atoms with Crippen LogP contribution in [0.2, 0.25) is 0 Å². The van der Waals surface area contributed by atoms with Crippen molar-refractivity contribution in [3.63, 3.8) is 0 Å². The second-order valence-electron chi connectivity index (χ2n) is 6.30. The highest BCUT2D eigenvalue weighted by atomic mass is 79.9. The number of aryl methyl sites for hydroxylation is 1. The fraction of sp³-hybridized carbons (Fsp3) is 0.333. The van der Waals surface area contributed by atoms with Gasteiger partial charge >= 0.3 is 0 Å². The normalized spacial score (nSPS) is 26.6. The molecule has 4 rings (SSSR count). The quantitative estimate of drug-likeness (QED) is 0.852. The van der Waals surface area contributed by atoms with Crippen LogP contribution in [0.4, 0.5) is 0 Å². The predicted molar refractivity (Wildman–Crippen MR) is 94.2 cm³/mol. The first-order valence-corrected chi connectivity index (χ1v) is 10.2. The summed E-state index contributed by atoms with van der Waals surface area (Å²) in [6.07, 6.45) is 2.40. The molecule has 1 fully saturated rings. The van der Waals surface area contributed by atoms with Crippen molar-refractivity contribution in [3.8, 4) is 0 Å². The van der Waals surface area contributed by atoms with Gasteiger partial charge in [-0.25, -0.2) is 8.42 Å². The van der Waals surface area contributed by atoms with Crippen molar-refractivity contribution in [1.29, 1.82) is 0 Å². The molecule has 5 heteroatoms. The van der Waals surface area contributed by atoms with Crippen LogP contribution in [0.1, 0.15) is 24.0 Å². The Balaban J connectivity index is 1.98. The number of sulfone groups is 1. The first kappa shape index (κ1) is 15.4. The molecule has 23 heavy (non-hydrogen) atoms. The third-order valence-corrected chi connectivity index (χ3v) is 8.26. The third-order valence-electron chi connectivity index (χ3n) is 5.21. The van der Waals surface area contributed by atoms with Crippen LogP contribution in [0.25, 0.3) is 0 Å². The number of fused-ring (bicyclic) bond motifs is 3. The number of halogens is 1. The lowest BCUT2D eigenvalue weighted by Crippen LogP contribution is -2.49. The van der Waals surface area contributed by atoms with Gasteiger partial charge in [-0.15, -0.1) is 0 Å². The van der Waals surface area contributed by atoms with E-state index in [1.54, 1.807) is 24.3 Å². The Kier molecular flexibility index (Phi) is 3.63. The smallest absolute Gasteiger partial charge is 0.189 e. The summed E-state index contributed by atoms with van der Waals surface area (Å²) in [5.74, 6) is 0.